The zero-order valence-electron chi connectivity index (χ0n) is 9.95. The van der Waals surface area contributed by atoms with Gasteiger partial charge in [-0.05, 0) is 47.3 Å². The third kappa shape index (κ3) is 5.28. The molecule has 1 rings (SSSR count). The molecule has 1 aromatic heterocycles. The highest BCUT2D eigenvalue weighted by Gasteiger charge is 2.08. The maximum Gasteiger partial charge on any atom is 0.224 e. The molecule has 1 heterocycles. The lowest BCUT2D eigenvalue weighted by molar-refractivity contribution is -0.116. The zero-order chi connectivity index (χ0) is 12.7. The number of aromatic nitrogens is 1. The second kappa shape index (κ2) is 7.40. The lowest BCUT2D eigenvalue weighted by Crippen LogP contribution is -2.14. The second-order valence-electron chi connectivity index (χ2n) is 4.12. The molecule has 1 amide bonds. The van der Waals surface area contributed by atoms with E-state index in [-0.39, 0.29) is 5.91 Å². The van der Waals surface area contributed by atoms with Crippen molar-refractivity contribution in [1.82, 2.24) is 4.98 Å². The molecule has 1 unspecified atom stereocenters. The van der Waals surface area contributed by atoms with Crippen molar-refractivity contribution in [3.8, 4) is 0 Å². The van der Waals surface area contributed by atoms with Crippen molar-refractivity contribution in [3.63, 3.8) is 0 Å². The molecule has 4 nitrogen and oxygen atoms in total. The number of amides is 1. The van der Waals surface area contributed by atoms with Crippen LogP contribution in [0.4, 0.5) is 5.69 Å². The fraction of sp³-hybridized carbons (Fsp3) is 0.500. The number of pyridine rings is 1. The van der Waals surface area contributed by atoms with Crippen LogP contribution in [0.3, 0.4) is 0 Å². The van der Waals surface area contributed by atoms with Crippen LogP contribution in [0.15, 0.2) is 22.9 Å². The largest absolute Gasteiger partial charge is 0.330 e. The number of carbonyl (C=O) groups excluding carboxylic acids is 1. The van der Waals surface area contributed by atoms with Crippen molar-refractivity contribution in [1.29, 1.82) is 0 Å². The van der Waals surface area contributed by atoms with Crippen LogP contribution >= 0.6 is 15.9 Å². The van der Waals surface area contributed by atoms with Gasteiger partial charge in [-0.25, -0.2) is 0 Å². The Morgan fingerprint density at radius 3 is 3.00 bits per heavy atom. The fourth-order valence-electron chi connectivity index (χ4n) is 1.50. The van der Waals surface area contributed by atoms with Gasteiger partial charge < -0.3 is 11.1 Å². The molecule has 0 aromatic carbocycles. The lowest BCUT2D eigenvalue weighted by Gasteiger charge is -2.10. The molecule has 3 N–H and O–H groups in total. The lowest BCUT2D eigenvalue weighted by atomic mass is 10.0. The molecule has 0 saturated carbocycles. The molecule has 0 radical (unpaired) electrons. The Hall–Kier alpha value is -0.940. The predicted octanol–water partition coefficient (Wildman–Crippen LogP) is 2.55. The quantitative estimate of drug-likeness (QED) is 0.848. The van der Waals surface area contributed by atoms with Gasteiger partial charge in [-0.15, -0.1) is 0 Å². The molecule has 0 saturated heterocycles. The number of rotatable bonds is 6. The van der Waals surface area contributed by atoms with Crippen molar-refractivity contribution in [2.24, 2.45) is 11.7 Å². The van der Waals surface area contributed by atoms with Gasteiger partial charge in [0.25, 0.3) is 0 Å². The van der Waals surface area contributed by atoms with E-state index in [2.05, 4.69) is 33.2 Å². The summed E-state index contributed by atoms with van der Waals surface area (Å²) in [6.45, 7) is 2.79. The predicted molar refractivity (Wildman–Crippen MR) is 72.6 cm³/mol. The van der Waals surface area contributed by atoms with Gasteiger partial charge >= 0.3 is 0 Å². The van der Waals surface area contributed by atoms with E-state index in [1.165, 1.54) is 0 Å². The van der Waals surface area contributed by atoms with Crippen molar-refractivity contribution >= 4 is 27.5 Å². The summed E-state index contributed by atoms with van der Waals surface area (Å²) in [6.07, 6.45) is 5.66. The molecule has 1 atom stereocenters. The molecule has 5 heteroatoms. The van der Waals surface area contributed by atoms with E-state index in [4.69, 9.17) is 5.73 Å². The van der Waals surface area contributed by atoms with E-state index in [1.54, 1.807) is 18.5 Å². The third-order valence-electron chi connectivity index (χ3n) is 2.57. The highest BCUT2D eigenvalue weighted by Crippen LogP contribution is 2.20. The molecule has 17 heavy (non-hydrogen) atoms. The van der Waals surface area contributed by atoms with Crippen LogP contribution < -0.4 is 11.1 Å². The highest BCUT2D eigenvalue weighted by atomic mass is 79.9. The molecule has 0 aliphatic carbocycles. The first-order chi connectivity index (χ1) is 8.13. The van der Waals surface area contributed by atoms with Crippen LogP contribution in [0.2, 0.25) is 0 Å². The molecule has 94 valence electrons. The number of nitrogens with one attached hydrogen (secondary N) is 1. The van der Waals surface area contributed by atoms with Gasteiger partial charge in [-0.2, -0.15) is 0 Å². The van der Waals surface area contributed by atoms with Crippen LogP contribution in [0, 0.1) is 5.92 Å². The summed E-state index contributed by atoms with van der Waals surface area (Å²) in [7, 11) is 0. The van der Waals surface area contributed by atoms with E-state index >= 15 is 0 Å². The zero-order valence-corrected chi connectivity index (χ0v) is 11.5. The number of nitrogens with zero attached hydrogens (tertiary/aromatic N) is 1. The molecular weight excluding hydrogens is 282 g/mol. The first-order valence-corrected chi connectivity index (χ1v) is 6.52. The van der Waals surface area contributed by atoms with Crippen molar-refractivity contribution in [3.05, 3.63) is 22.9 Å². The Labute approximate surface area is 110 Å². The summed E-state index contributed by atoms with van der Waals surface area (Å²) in [5.74, 6) is 0.521. The molecule has 0 fully saturated rings. The van der Waals surface area contributed by atoms with E-state index < -0.39 is 0 Å². The Kier molecular flexibility index (Phi) is 6.15. The molecule has 0 spiro atoms. The minimum absolute atomic E-state index is 0.0285. The average molecular weight is 300 g/mol. The standard InChI is InChI=1S/C12H18BrN3O/c1-9(4-6-14)2-3-12(17)16-11-5-7-15-8-10(11)13/h5,7-9H,2-4,6,14H2,1H3,(H,15,16,17). The molecular formula is C12H18BrN3O. The number of carbonyl (C=O) groups is 1. The van der Waals surface area contributed by atoms with Crippen LogP contribution in [0.25, 0.3) is 0 Å². The number of hydrogen-bond donors (Lipinski definition) is 2. The summed E-state index contributed by atoms with van der Waals surface area (Å²) < 4.78 is 0.795. The highest BCUT2D eigenvalue weighted by molar-refractivity contribution is 9.10. The maximum absolute atomic E-state index is 11.7. The minimum Gasteiger partial charge on any atom is -0.330 e. The molecule has 0 aliphatic rings. The van der Waals surface area contributed by atoms with Crippen molar-refractivity contribution in [2.75, 3.05) is 11.9 Å². The van der Waals surface area contributed by atoms with Gasteiger partial charge in [0.1, 0.15) is 0 Å². The van der Waals surface area contributed by atoms with Crippen molar-refractivity contribution in [2.45, 2.75) is 26.2 Å². The molecule has 0 aliphatic heterocycles. The van der Waals surface area contributed by atoms with Gasteiger partial charge in [0.2, 0.25) is 5.91 Å². The van der Waals surface area contributed by atoms with Gasteiger partial charge in [0, 0.05) is 18.8 Å². The number of nitrogens with two attached hydrogens (primary N) is 1. The fourth-order valence-corrected chi connectivity index (χ4v) is 1.85. The summed E-state index contributed by atoms with van der Waals surface area (Å²) in [6, 6.07) is 1.77. The SMILES string of the molecule is CC(CCN)CCC(=O)Nc1ccncc1Br. The normalized spacial score (nSPS) is 12.2. The Morgan fingerprint density at radius 2 is 2.35 bits per heavy atom. The second-order valence-corrected chi connectivity index (χ2v) is 4.98. The summed E-state index contributed by atoms with van der Waals surface area (Å²) in [5.41, 5.74) is 6.23. The Balaban J connectivity index is 2.37. The van der Waals surface area contributed by atoms with Crippen LogP contribution in [0.5, 0.6) is 0 Å². The maximum atomic E-state index is 11.7. The van der Waals surface area contributed by atoms with Gasteiger partial charge in [0.15, 0.2) is 0 Å². The monoisotopic (exact) mass is 299 g/mol. The Bertz CT molecular complexity index is 371. The van der Waals surface area contributed by atoms with Crippen LogP contribution in [0.1, 0.15) is 26.2 Å². The minimum atomic E-state index is 0.0285. The topological polar surface area (TPSA) is 68.0 Å². The van der Waals surface area contributed by atoms with Gasteiger partial charge in [0.05, 0.1) is 10.2 Å². The average Bonchev–Trinajstić information content (AvgIpc) is 2.30. The van der Waals surface area contributed by atoms with Gasteiger partial charge in [-0.1, -0.05) is 6.92 Å². The van der Waals surface area contributed by atoms with E-state index in [0.717, 1.165) is 23.0 Å². The van der Waals surface area contributed by atoms with Crippen LogP contribution in [-0.2, 0) is 4.79 Å². The van der Waals surface area contributed by atoms with E-state index in [0.29, 0.717) is 18.9 Å². The number of anilines is 1. The summed E-state index contributed by atoms with van der Waals surface area (Å²) >= 11 is 3.34. The van der Waals surface area contributed by atoms with E-state index in [1.807, 2.05) is 0 Å². The molecule has 0 bridgehead atoms. The number of halogens is 1. The smallest absolute Gasteiger partial charge is 0.224 e. The van der Waals surface area contributed by atoms with E-state index in [9.17, 15) is 4.79 Å². The molecule has 1 aromatic rings. The first kappa shape index (κ1) is 14.1. The Morgan fingerprint density at radius 1 is 1.59 bits per heavy atom. The summed E-state index contributed by atoms with van der Waals surface area (Å²) in [4.78, 5) is 15.6. The van der Waals surface area contributed by atoms with Crippen LogP contribution in [-0.4, -0.2) is 17.4 Å². The first-order valence-electron chi connectivity index (χ1n) is 5.73. The van der Waals surface area contributed by atoms with Gasteiger partial charge in [-0.3, -0.25) is 9.78 Å². The summed E-state index contributed by atoms with van der Waals surface area (Å²) in [5, 5.41) is 2.85. The van der Waals surface area contributed by atoms with Crippen molar-refractivity contribution < 1.29 is 4.79 Å². The number of hydrogen-bond acceptors (Lipinski definition) is 3. The third-order valence-corrected chi connectivity index (χ3v) is 3.20.